The lowest BCUT2D eigenvalue weighted by molar-refractivity contribution is -1.09. The van der Waals surface area contributed by atoms with Gasteiger partial charge >= 0.3 is 0 Å². The zero-order valence-electron chi connectivity index (χ0n) is 12.9. The van der Waals surface area contributed by atoms with Gasteiger partial charge < -0.3 is 9.90 Å². The van der Waals surface area contributed by atoms with Gasteiger partial charge in [-0.1, -0.05) is 33.6 Å². The number of rotatable bonds is 7. The fourth-order valence-corrected chi connectivity index (χ4v) is 1.39. The van der Waals surface area contributed by atoms with E-state index in [2.05, 4.69) is 13.8 Å². The van der Waals surface area contributed by atoms with Crippen molar-refractivity contribution >= 4 is 5.97 Å². The van der Waals surface area contributed by atoms with Crippen LogP contribution >= 0.6 is 0 Å². The number of hydroxylamine groups is 3. The van der Waals surface area contributed by atoms with Gasteiger partial charge in [0.05, 0.1) is 14.1 Å². The third-order valence-corrected chi connectivity index (χ3v) is 3.40. The van der Waals surface area contributed by atoms with Crippen molar-refractivity contribution in [1.29, 1.82) is 0 Å². The SMILES string of the molecule is CCC(C)[N+](C)(C)O.CCCCC(CC)C(=O)[O-]. The highest BCUT2D eigenvalue weighted by atomic mass is 16.5. The number of carbonyl (C=O) groups excluding carboxylic acids is 1. The van der Waals surface area contributed by atoms with Crippen LogP contribution < -0.4 is 5.11 Å². The highest BCUT2D eigenvalue weighted by Crippen LogP contribution is 2.10. The number of hydrogen-bond acceptors (Lipinski definition) is 3. The summed E-state index contributed by atoms with van der Waals surface area (Å²) in [6.45, 7) is 8.04. The molecular weight excluding hydrogens is 230 g/mol. The summed E-state index contributed by atoms with van der Waals surface area (Å²) in [6, 6.07) is 0.343. The van der Waals surface area contributed by atoms with Crippen LogP contribution in [0.15, 0.2) is 0 Å². The van der Waals surface area contributed by atoms with Crippen molar-refractivity contribution in [2.75, 3.05) is 14.1 Å². The van der Waals surface area contributed by atoms with Crippen LogP contribution in [0.4, 0.5) is 0 Å². The first-order valence-electron chi connectivity index (χ1n) is 6.97. The molecule has 0 amide bonds. The lowest BCUT2D eigenvalue weighted by Gasteiger charge is -2.25. The summed E-state index contributed by atoms with van der Waals surface area (Å²) in [5.74, 6) is -1.11. The Bertz CT molecular complexity index is 212. The summed E-state index contributed by atoms with van der Waals surface area (Å²) in [4.78, 5) is 10.3. The molecule has 0 aromatic heterocycles. The average molecular weight is 261 g/mol. The molecule has 0 aromatic rings. The maximum atomic E-state index is 10.3. The Morgan fingerprint density at radius 2 is 1.72 bits per heavy atom. The lowest BCUT2D eigenvalue weighted by atomic mass is 10.00. The molecule has 2 atom stereocenters. The Kier molecular flexibility index (Phi) is 11.3. The van der Waals surface area contributed by atoms with Crippen LogP contribution in [0, 0.1) is 5.92 Å². The van der Waals surface area contributed by atoms with Crippen molar-refractivity contribution in [1.82, 2.24) is 0 Å². The van der Waals surface area contributed by atoms with Crippen LogP contribution in [0.25, 0.3) is 0 Å². The molecule has 0 fully saturated rings. The molecule has 2 unspecified atom stereocenters. The second kappa shape index (κ2) is 10.3. The maximum absolute atomic E-state index is 10.3. The minimum atomic E-state index is -0.893. The van der Waals surface area contributed by atoms with E-state index in [1.54, 1.807) is 14.1 Å². The molecule has 4 heteroatoms. The molecular formula is C14H31NO3. The van der Waals surface area contributed by atoms with E-state index in [0.29, 0.717) is 12.5 Å². The number of unbranched alkanes of at least 4 members (excludes halogenated alkanes) is 1. The molecule has 0 aliphatic carbocycles. The minimum absolute atomic E-state index is 0.0799. The fraction of sp³-hybridized carbons (Fsp3) is 0.929. The van der Waals surface area contributed by atoms with E-state index in [9.17, 15) is 15.1 Å². The normalized spacial score (nSPS) is 14.4. The van der Waals surface area contributed by atoms with Gasteiger partial charge in [0.25, 0.3) is 0 Å². The molecule has 1 N–H and O–H groups in total. The van der Waals surface area contributed by atoms with Gasteiger partial charge in [-0.3, -0.25) is 0 Å². The van der Waals surface area contributed by atoms with Crippen molar-refractivity contribution in [2.45, 2.75) is 65.8 Å². The largest absolute Gasteiger partial charge is 0.550 e. The summed E-state index contributed by atoms with van der Waals surface area (Å²) in [5.41, 5.74) is 0. The van der Waals surface area contributed by atoms with Crippen LogP contribution in [0.5, 0.6) is 0 Å². The fourth-order valence-electron chi connectivity index (χ4n) is 1.39. The van der Waals surface area contributed by atoms with Gasteiger partial charge in [-0.25, -0.2) is 5.21 Å². The van der Waals surface area contributed by atoms with Crippen LogP contribution in [-0.2, 0) is 4.79 Å². The number of quaternary nitrogens is 1. The molecule has 4 nitrogen and oxygen atoms in total. The molecule has 0 bridgehead atoms. The Labute approximate surface area is 112 Å². The zero-order chi connectivity index (χ0) is 14.8. The first-order valence-corrected chi connectivity index (χ1v) is 6.97. The minimum Gasteiger partial charge on any atom is -0.550 e. The first-order chi connectivity index (χ1) is 8.20. The zero-order valence-corrected chi connectivity index (χ0v) is 12.9. The Morgan fingerprint density at radius 1 is 1.22 bits per heavy atom. The number of aliphatic carboxylic acids is 1. The number of hydrogen-bond donors (Lipinski definition) is 1. The van der Waals surface area contributed by atoms with Gasteiger partial charge in [-0.2, -0.15) is 4.65 Å². The van der Waals surface area contributed by atoms with Crippen molar-refractivity contribution < 1.29 is 19.8 Å². The lowest BCUT2D eigenvalue weighted by Crippen LogP contribution is -2.43. The Hall–Kier alpha value is -0.610. The second-order valence-electron chi connectivity index (χ2n) is 5.30. The first kappa shape index (κ1) is 19.7. The van der Waals surface area contributed by atoms with Crippen LogP contribution in [0.1, 0.15) is 59.8 Å². The molecule has 0 aromatic carbocycles. The van der Waals surface area contributed by atoms with Crippen LogP contribution in [0.3, 0.4) is 0 Å². The van der Waals surface area contributed by atoms with E-state index in [1.165, 1.54) is 0 Å². The van der Waals surface area contributed by atoms with E-state index in [-0.39, 0.29) is 10.6 Å². The number of nitrogens with zero attached hydrogens (tertiary/aromatic N) is 1. The molecule has 0 radical (unpaired) electrons. The molecule has 0 spiro atoms. The maximum Gasteiger partial charge on any atom is 0.115 e. The van der Waals surface area contributed by atoms with Crippen molar-refractivity contribution in [2.24, 2.45) is 5.92 Å². The van der Waals surface area contributed by atoms with Gasteiger partial charge in [-0.05, 0) is 32.1 Å². The Morgan fingerprint density at radius 3 is 1.89 bits per heavy atom. The van der Waals surface area contributed by atoms with Gasteiger partial charge in [0, 0.05) is 5.97 Å². The van der Waals surface area contributed by atoms with Gasteiger partial charge in [-0.15, -0.1) is 0 Å². The van der Waals surface area contributed by atoms with E-state index in [0.717, 1.165) is 25.7 Å². The smallest absolute Gasteiger partial charge is 0.115 e. The van der Waals surface area contributed by atoms with Gasteiger partial charge in [0.2, 0.25) is 0 Å². The highest BCUT2D eigenvalue weighted by molar-refractivity contribution is 5.67. The summed E-state index contributed by atoms with van der Waals surface area (Å²) in [6.07, 6.45) is 4.54. The topological polar surface area (TPSA) is 60.4 Å². The second-order valence-corrected chi connectivity index (χ2v) is 5.30. The predicted octanol–water partition coefficient (Wildman–Crippen LogP) is 2.20. The van der Waals surface area contributed by atoms with Crippen LogP contribution in [0.2, 0.25) is 0 Å². The number of carboxylic acids is 1. The van der Waals surface area contributed by atoms with Gasteiger partial charge in [0.15, 0.2) is 0 Å². The molecule has 0 aliphatic rings. The van der Waals surface area contributed by atoms with E-state index >= 15 is 0 Å². The number of carbonyl (C=O) groups is 1. The third-order valence-electron chi connectivity index (χ3n) is 3.40. The van der Waals surface area contributed by atoms with Crippen molar-refractivity contribution in [3.8, 4) is 0 Å². The molecule has 0 saturated carbocycles. The van der Waals surface area contributed by atoms with E-state index in [1.807, 2.05) is 13.8 Å². The molecule has 0 rings (SSSR count). The molecule has 0 aliphatic heterocycles. The highest BCUT2D eigenvalue weighted by Gasteiger charge is 2.18. The molecule has 110 valence electrons. The monoisotopic (exact) mass is 261 g/mol. The van der Waals surface area contributed by atoms with Crippen LogP contribution in [-0.4, -0.2) is 36.0 Å². The predicted molar refractivity (Wildman–Crippen MR) is 72.0 cm³/mol. The van der Waals surface area contributed by atoms with E-state index in [4.69, 9.17) is 0 Å². The standard InChI is InChI=1S/C8H16O2.C6H16NO/c1-3-5-6-7(4-2)8(9)10;1-5-6(2)7(3,4)8/h7H,3-6H2,1-2H3,(H,9,10);6,8H,5H2,1-4H3/q;+1/p-1. The number of carboxylic acid groups (broad SMARTS) is 1. The average Bonchev–Trinajstić information content (AvgIpc) is 2.28. The molecule has 18 heavy (non-hydrogen) atoms. The summed E-state index contributed by atoms with van der Waals surface area (Å²) in [7, 11) is 3.57. The molecule has 0 saturated heterocycles. The third kappa shape index (κ3) is 10.5. The van der Waals surface area contributed by atoms with E-state index < -0.39 is 5.97 Å². The van der Waals surface area contributed by atoms with Gasteiger partial charge in [0.1, 0.15) is 6.04 Å². The molecule has 0 heterocycles. The summed E-state index contributed by atoms with van der Waals surface area (Å²) >= 11 is 0. The van der Waals surface area contributed by atoms with Crippen molar-refractivity contribution in [3.05, 3.63) is 0 Å². The summed E-state index contributed by atoms with van der Waals surface area (Å²) < 4.78 is 0.0799. The summed E-state index contributed by atoms with van der Waals surface area (Å²) in [5, 5.41) is 19.5. The Balaban J connectivity index is 0. The van der Waals surface area contributed by atoms with Crippen molar-refractivity contribution in [3.63, 3.8) is 0 Å². The quantitative estimate of drug-likeness (QED) is 0.564.